The van der Waals surface area contributed by atoms with E-state index in [4.69, 9.17) is 0 Å². The number of rotatable bonds is 11. The van der Waals surface area contributed by atoms with Gasteiger partial charge in [0.1, 0.15) is 0 Å². The van der Waals surface area contributed by atoms with Gasteiger partial charge in [0.2, 0.25) is 5.91 Å². The number of hydrogen-bond acceptors (Lipinski definition) is 1. The lowest BCUT2D eigenvalue weighted by molar-refractivity contribution is -0.131. The van der Waals surface area contributed by atoms with E-state index >= 15 is 0 Å². The summed E-state index contributed by atoms with van der Waals surface area (Å²) >= 11 is 3.44. The molecule has 0 aliphatic heterocycles. The second-order valence-corrected chi connectivity index (χ2v) is 6.17. The first-order chi connectivity index (χ1) is 8.79. The van der Waals surface area contributed by atoms with E-state index in [1.54, 1.807) is 0 Å². The summed E-state index contributed by atoms with van der Waals surface area (Å²) in [5, 5.41) is 0.909. The Hall–Kier alpha value is -0.0500. The molecule has 0 bridgehead atoms. The van der Waals surface area contributed by atoms with Gasteiger partial charge in [-0.1, -0.05) is 61.4 Å². The Morgan fingerprint density at radius 3 is 2.28 bits per heavy atom. The van der Waals surface area contributed by atoms with Crippen LogP contribution in [0.15, 0.2) is 0 Å². The lowest BCUT2D eigenvalue weighted by atomic mass is 10.1. The van der Waals surface area contributed by atoms with Gasteiger partial charge < -0.3 is 4.90 Å². The van der Waals surface area contributed by atoms with E-state index < -0.39 is 0 Å². The Bertz CT molecular complexity index is 229. The molecule has 2 nitrogen and oxygen atoms in total. The molecule has 0 aromatic rings. The molecule has 0 heterocycles. The highest BCUT2D eigenvalue weighted by atomic mass is 79.9. The van der Waals surface area contributed by atoms with Gasteiger partial charge in [-0.15, -0.1) is 0 Å². The standard InChI is InChI=1S/C15H28BrNO/c1-2-3-4-5-6-7-8-9-15(18)17(13-12-16)14-10-11-14/h14H,2-13H2,1H3. The summed E-state index contributed by atoms with van der Waals surface area (Å²) in [6.45, 7) is 3.13. The van der Waals surface area contributed by atoms with Gasteiger partial charge in [-0.25, -0.2) is 0 Å². The highest BCUT2D eigenvalue weighted by Gasteiger charge is 2.31. The monoisotopic (exact) mass is 317 g/mol. The zero-order chi connectivity index (χ0) is 13.2. The Morgan fingerprint density at radius 2 is 1.72 bits per heavy atom. The molecule has 3 heteroatoms. The maximum atomic E-state index is 12.1. The third-order valence-corrected chi connectivity index (χ3v) is 3.98. The van der Waals surface area contributed by atoms with E-state index in [0.717, 1.165) is 24.7 Å². The van der Waals surface area contributed by atoms with Crippen LogP contribution in [0.2, 0.25) is 0 Å². The Kier molecular flexibility index (Phi) is 8.74. The van der Waals surface area contributed by atoms with Crippen molar-refractivity contribution in [3.63, 3.8) is 0 Å². The van der Waals surface area contributed by atoms with Crippen LogP contribution in [0.1, 0.15) is 71.1 Å². The number of hydrogen-bond donors (Lipinski definition) is 0. The number of unbranched alkanes of at least 4 members (excludes halogenated alkanes) is 6. The van der Waals surface area contributed by atoms with Crippen molar-refractivity contribution >= 4 is 21.8 Å². The fourth-order valence-electron chi connectivity index (χ4n) is 2.37. The van der Waals surface area contributed by atoms with Crippen LogP contribution < -0.4 is 0 Å². The first-order valence-electron chi connectivity index (χ1n) is 7.65. The van der Waals surface area contributed by atoms with Crippen LogP contribution in [0, 0.1) is 0 Å². The fraction of sp³-hybridized carbons (Fsp3) is 0.933. The minimum Gasteiger partial charge on any atom is -0.339 e. The van der Waals surface area contributed by atoms with Crippen molar-refractivity contribution in [2.75, 3.05) is 11.9 Å². The summed E-state index contributed by atoms with van der Waals surface area (Å²) in [6.07, 6.45) is 12.2. The summed E-state index contributed by atoms with van der Waals surface area (Å²) in [7, 11) is 0. The van der Waals surface area contributed by atoms with Crippen molar-refractivity contribution in [1.29, 1.82) is 0 Å². The Balaban J connectivity index is 2.01. The molecule has 0 spiro atoms. The minimum atomic E-state index is 0.380. The van der Waals surface area contributed by atoms with E-state index in [-0.39, 0.29) is 0 Å². The third-order valence-electron chi connectivity index (χ3n) is 3.63. The number of alkyl halides is 1. The van der Waals surface area contributed by atoms with E-state index in [0.29, 0.717) is 11.9 Å². The molecule has 1 rings (SSSR count). The summed E-state index contributed by atoms with van der Waals surface area (Å²) in [4.78, 5) is 14.1. The van der Waals surface area contributed by atoms with Crippen LogP contribution in [0.4, 0.5) is 0 Å². The van der Waals surface area contributed by atoms with Crippen molar-refractivity contribution in [1.82, 2.24) is 4.90 Å². The Labute approximate surface area is 121 Å². The molecule has 0 N–H and O–H groups in total. The summed E-state index contributed by atoms with van der Waals surface area (Å²) < 4.78 is 0. The van der Waals surface area contributed by atoms with Crippen molar-refractivity contribution in [2.45, 2.75) is 77.2 Å². The Morgan fingerprint density at radius 1 is 1.11 bits per heavy atom. The number of halogens is 1. The average Bonchev–Trinajstić information content (AvgIpc) is 3.19. The lowest BCUT2D eigenvalue weighted by Crippen LogP contribution is -2.34. The summed E-state index contributed by atoms with van der Waals surface area (Å²) in [5.41, 5.74) is 0. The largest absolute Gasteiger partial charge is 0.339 e. The van der Waals surface area contributed by atoms with Gasteiger partial charge in [0.05, 0.1) is 0 Å². The van der Waals surface area contributed by atoms with Crippen molar-refractivity contribution in [3.8, 4) is 0 Å². The quantitative estimate of drug-likeness (QED) is 0.405. The zero-order valence-electron chi connectivity index (χ0n) is 11.8. The molecule has 0 aromatic heterocycles. The molecule has 106 valence electrons. The first-order valence-corrected chi connectivity index (χ1v) is 8.77. The molecule has 18 heavy (non-hydrogen) atoms. The number of nitrogens with zero attached hydrogens (tertiary/aromatic N) is 1. The maximum absolute atomic E-state index is 12.1. The van der Waals surface area contributed by atoms with E-state index in [9.17, 15) is 4.79 Å². The summed E-state index contributed by atoms with van der Waals surface area (Å²) in [6, 6.07) is 0.569. The van der Waals surface area contributed by atoms with E-state index in [1.165, 1.54) is 51.4 Å². The van der Waals surface area contributed by atoms with Gasteiger partial charge in [0.25, 0.3) is 0 Å². The summed E-state index contributed by atoms with van der Waals surface area (Å²) in [5.74, 6) is 0.380. The highest BCUT2D eigenvalue weighted by Crippen LogP contribution is 2.27. The van der Waals surface area contributed by atoms with Gasteiger partial charge in [0, 0.05) is 24.3 Å². The predicted molar refractivity (Wildman–Crippen MR) is 81.1 cm³/mol. The minimum absolute atomic E-state index is 0.380. The third kappa shape index (κ3) is 6.77. The van der Waals surface area contributed by atoms with Crippen molar-refractivity contribution in [3.05, 3.63) is 0 Å². The van der Waals surface area contributed by atoms with Gasteiger partial charge >= 0.3 is 0 Å². The van der Waals surface area contributed by atoms with Crippen molar-refractivity contribution < 1.29 is 4.79 Å². The van der Waals surface area contributed by atoms with Crippen LogP contribution in [0.3, 0.4) is 0 Å². The molecule has 0 aromatic carbocycles. The normalized spacial score (nSPS) is 14.8. The van der Waals surface area contributed by atoms with Gasteiger partial charge in [-0.05, 0) is 19.3 Å². The molecule has 0 saturated heterocycles. The molecule has 1 amide bonds. The van der Waals surface area contributed by atoms with Gasteiger partial charge in [0.15, 0.2) is 0 Å². The second kappa shape index (κ2) is 9.82. The number of amides is 1. The molecule has 1 aliphatic carbocycles. The predicted octanol–water partition coefficient (Wildman–Crippen LogP) is 4.51. The molecule has 1 aliphatic rings. The molecule has 0 unspecified atom stereocenters. The molecule has 0 radical (unpaired) electrons. The van der Waals surface area contributed by atoms with Crippen LogP contribution in [0.25, 0.3) is 0 Å². The smallest absolute Gasteiger partial charge is 0.222 e. The molecule has 0 atom stereocenters. The molecular formula is C15H28BrNO. The van der Waals surface area contributed by atoms with Crippen LogP contribution in [0.5, 0.6) is 0 Å². The highest BCUT2D eigenvalue weighted by molar-refractivity contribution is 9.09. The molecule has 1 saturated carbocycles. The van der Waals surface area contributed by atoms with Crippen LogP contribution >= 0.6 is 15.9 Å². The molecular weight excluding hydrogens is 290 g/mol. The van der Waals surface area contributed by atoms with Crippen LogP contribution in [-0.2, 0) is 4.79 Å². The average molecular weight is 318 g/mol. The van der Waals surface area contributed by atoms with Crippen molar-refractivity contribution in [2.24, 2.45) is 0 Å². The topological polar surface area (TPSA) is 20.3 Å². The van der Waals surface area contributed by atoms with E-state index in [2.05, 4.69) is 27.8 Å². The van der Waals surface area contributed by atoms with Gasteiger partial charge in [-0.2, -0.15) is 0 Å². The lowest BCUT2D eigenvalue weighted by Gasteiger charge is -2.21. The number of carbonyl (C=O) groups is 1. The second-order valence-electron chi connectivity index (χ2n) is 5.38. The van der Waals surface area contributed by atoms with Gasteiger partial charge in [-0.3, -0.25) is 4.79 Å². The fourth-order valence-corrected chi connectivity index (χ4v) is 2.75. The van der Waals surface area contributed by atoms with Crippen LogP contribution in [-0.4, -0.2) is 28.7 Å². The first kappa shape index (κ1) is 16.0. The molecule has 1 fully saturated rings. The number of carbonyl (C=O) groups excluding carboxylic acids is 1. The zero-order valence-corrected chi connectivity index (χ0v) is 13.4. The SMILES string of the molecule is CCCCCCCCCC(=O)N(CCBr)C1CC1. The van der Waals surface area contributed by atoms with E-state index in [1.807, 2.05) is 0 Å². The maximum Gasteiger partial charge on any atom is 0.222 e.